The fourth-order valence-electron chi connectivity index (χ4n) is 3.50. The summed E-state index contributed by atoms with van der Waals surface area (Å²) in [7, 11) is 0. The molecule has 0 saturated heterocycles. The first-order valence-electron chi connectivity index (χ1n) is 9.83. The third kappa shape index (κ3) is 6.27. The van der Waals surface area contributed by atoms with E-state index in [1.165, 1.54) is 49.4 Å². The van der Waals surface area contributed by atoms with Crippen LogP contribution in [0.25, 0.3) is 0 Å². The largest absolute Gasteiger partial charge is 0.353 e. The number of benzene rings is 1. The Hall–Kier alpha value is -2.02. The predicted molar refractivity (Wildman–Crippen MR) is 108 cm³/mol. The molecule has 2 N–H and O–H groups in total. The van der Waals surface area contributed by atoms with Crippen molar-refractivity contribution in [2.24, 2.45) is 0 Å². The Morgan fingerprint density at radius 3 is 2.59 bits per heavy atom. The number of rotatable bonds is 7. The molecule has 1 heterocycles. The molecule has 1 aliphatic carbocycles. The van der Waals surface area contributed by atoms with Gasteiger partial charge in [-0.3, -0.25) is 9.36 Å². The molecule has 0 radical (unpaired) electrons. The fourth-order valence-corrected chi connectivity index (χ4v) is 4.28. The number of hydrogen-bond acceptors (Lipinski definition) is 4. The van der Waals surface area contributed by atoms with Crippen molar-refractivity contribution < 1.29 is 4.79 Å². The second kappa shape index (κ2) is 10.3. The summed E-state index contributed by atoms with van der Waals surface area (Å²) in [5.41, 5.74) is 0.942. The number of carbonyl (C=O) groups is 1. The second-order valence-electron chi connectivity index (χ2n) is 7.10. The number of aryl methyl sites for hydroxylation is 1. The van der Waals surface area contributed by atoms with Gasteiger partial charge in [0.05, 0.1) is 5.75 Å². The highest BCUT2D eigenvalue weighted by atomic mass is 32.2. The number of hydrogen-bond donors (Lipinski definition) is 2. The van der Waals surface area contributed by atoms with E-state index in [-0.39, 0.29) is 23.4 Å². The molecule has 1 aromatic heterocycles. The van der Waals surface area contributed by atoms with Crippen molar-refractivity contribution >= 4 is 17.7 Å². The molecule has 1 fully saturated rings. The highest BCUT2D eigenvalue weighted by molar-refractivity contribution is 7.99. The van der Waals surface area contributed by atoms with Crippen LogP contribution in [-0.2, 0) is 17.8 Å². The molecular weight excluding hydrogens is 360 g/mol. The van der Waals surface area contributed by atoms with Crippen LogP contribution in [0.1, 0.15) is 50.5 Å². The third-order valence-electron chi connectivity index (χ3n) is 4.99. The van der Waals surface area contributed by atoms with E-state index >= 15 is 0 Å². The van der Waals surface area contributed by atoms with Crippen LogP contribution in [0, 0.1) is 0 Å². The van der Waals surface area contributed by atoms with Crippen LogP contribution >= 0.6 is 11.8 Å². The molecule has 6 nitrogen and oxygen atoms in total. The average molecular weight is 389 g/mol. The maximum Gasteiger partial charge on any atom is 0.343 e. The van der Waals surface area contributed by atoms with E-state index in [1.807, 2.05) is 30.3 Å². The molecule has 1 amide bonds. The van der Waals surface area contributed by atoms with Gasteiger partial charge in [-0.25, -0.2) is 9.89 Å². The molecule has 146 valence electrons. The summed E-state index contributed by atoms with van der Waals surface area (Å²) in [5.74, 6) is 0.308. The highest BCUT2D eigenvalue weighted by Crippen LogP contribution is 2.18. The number of thioether (sulfide) groups is 1. The Balaban J connectivity index is 1.50. The minimum Gasteiger partial charge on any atom is -0.353 e. The fraction of sp³-hybridized carbons (Fsp3) is 0.550. The third-order valence-corrected chi connectivity index (χ3v) is 5.97. The zero-order valence-corrected chi connectivity index (χ0v) is 16.5. The lowest BCUT2D eigenvalue weighted by Crippen LogP contribution is -2.36. The molecule has 0 unspecified atom stereocenters. The predicted octanol–water partition coefficient (Wildman–Crippen LogP) is 3.14. The number of nitrogens with zero attached hydrogens (tertiary/aromatic N) is 2. The number of carbonyl (C=O) groups excluding carboxylic acids is 1. The Bertz CT molecular complexity index is 764. The summed E-state index contributed by atoms with van der Waals surface area (Å²) in [6, 6.07) is 10.3. The van der Waals surface area contributed by atoms with E-state index < -0.39 is 0 Å². The van der Waals surface area contributed by atoms with E-state index in [9.17, 15) is 9.59 Å². The molecule has 0 bridgehead atoms. The van der Waals surface area contributed by atoms with Crippen LogP contribution in [0.15, 0.2) is 40.3 Å². The van der Waals surface area contributed by atoms with Crippen molar-refractivity contribution in [2.75, 3.05) is 5.75 Å². The molecule has 7 heteroatoms. The summed E-state index contributed by atoms with van der Waals surface area (Å²) in [4.78, 5) is 24.3. The van der Waals surface area contributed by atoms with E-state index in [0.717, 1.165) is 19.3 Å². The van der Waals surface area contributed by atoms with Crippen molar-refractivity contribution in [2.45, 2.75) is 69.1 Å². The normalized spacial score (nSPS) is 15.9. The van der Waals surface area contributed by atoms with Crippen molar-refractivity contribution in [1.29, 1.82) is 0 Å². The van der Waals surface area contributed by atoms with E-state index in [2.05, 4.69) is 15.5 Å². The molecular formula is C20H28N4O2S. The van der Waals surface area contributed by atoms with E-state index in [1.54, 1.807) is 4.57 Å². The van der Waals surface area contributed by atoms with Crippen molar-refractivity contribution in [3.05, 3.63) is 46.4 Å². The summed E-state index contributed by atoms with van der Waals surface area (Å²) in [5, 5.41) is 10.3. The maximum atomic E-state index is 12.3. The van der Waals surface area contributed by atoms with Gasteiger partial charge in [0.15, 0.2) is 5.16 Å². The van der Waals surface area contributed by atoms with Gasteiger partial charge in [0, 0.05) is 12.6 Å². The molecule has 2 aromatic rings. The zero-order chi connectivity index (χ0) is 18.9. The lowest BCUT2D eigenvalue weighted by Gasteiger charge is -2.20. The number of nitrogens with one attached hydrogen (secondary N) is 2. The van der Waals surface area contributed by atoms with Crippen molar-refractivity contribution in [3.63, 3.8) is 0 Å². The van der Waals surface area contributed by atoms with Gasteiger partial charge >= 0.3 is 5.69 Å². The summed E-state index contributed by atoms with van der Waals surface area (Å²) >= 11 is 1.32. The Morgan fingerprint density at radius 2 is 1.85 bits per heavy atom. The number of aromatic nitrogens is 3. The van der Waals surface area contributed by atoms with Gasteiger partial charge < -0.3 is 5.32 Å². The molecule has 3 rings (SSSR count). The molecule has 0 aliphatic heterocycles. The number of H-pyrrole nitrogens is 1. The zero-order valence-electron chi connectivity index (χ0n) is 15.7. The van der Waals surface area contributed by atoms with E-state index in [0.29, 0.717) is 11.7 Å². The summed E-state index contributed by atoms with van der Waals surface area (Å²) in [6.07, 6.45) is 9.12. The van der Waals surface area contributed by atoms with Crippen LogP contribution in [0.2, 0.25) is 0 Å². The van der Waals surface area contributed by atoms with Crippen molar-refractivity contribution in [3.8, 4) is 0 Å². The smallest absolute Gasteiger partial charge is 0.343 e. The summed E-state index contributed by atoms with van der Waals surface area (Å²) in [6.45, 7) is 0.548. The first-order chi connectivity index (χ1) is 13.2. The highest BCUT2D eigenvalue weighted by Gasteiger charge is 2.16. The van der Waals surface area contributed by atoms with Gasteiger partial charge in [0.25, 0.3) is 0 Å². The molecule has 0 atom stereocenters. The lowest BCUT2D eigenvalue weighted by atomic mass is 9.97. The van der Waals surface area contributed by atoms with Gasteiger partial charge in [-0.05, 0) is 24.8 Å². The first-order valence-corrected chi connectivity index (χ1v) is 10.8. The van der Waals surface area contributed by atoms with Gasteiger partial charge in [-0.1, -0.05) is 74.2 Å². The summed E-state index contributed by atoms with van der Waals surface area (Å²) < 4.78 is 1.61. The van der Waals surface area contributed by atoms with Gasteiger partial charge in [-0.15, -0.1) is 5.10 Å². The molecule has 1 aliphatic rings. The van der Waals surface area contributed by atoms with Crippen LogP contribution in [-0.4, -0.2) is 32.5 Å². The monoisotopic (exact) mass is 388 g/mol. The minimum atomic E-state index is -0.228. The topological polar surface area (TPSA) is 79.8 Å². The number of aromatic amines is 1. The van der Waals surface area contributed by atoms with Crippen LogP contribution in [0.3, 0.4) is 0 Å². The minimum absolute atomic E-state index is 0.0237. The van der Waals surface area contributed by atoms with Gasteiger partial charge in [-0.2, -0.15) is 0 Å². The standard InChI is InChI=1S/C20H28N4O2S/c25-18(21-17-11-7-2-1-3-8-12-17)15-27-20-23-22-19(26)24(20)14-13-16-9-5-4-6-10-16/h4-6,9-10,17H,1-3,7-8,11-15H2,(H,21,25)(H,22,26). The molecule has 27 heavy (non-hydrogen) atoms. The van der Waals surface area contributed by atoms with E-state index in [4.69, 9.17) is 0 Å². The maximum absolute atomic E-state index is 12.3. The SMILES string of the molecule is O=C(CSc1n[nH]c(=O)n1CCc1ccccc1)NC1CCCCCCC1. The molecule has 0 spiro atoms. The number of amides is 1. The Kier molecular flexibility index (Phi) is 7.56. The van der Waals surface area contributed by atoms with Gasteiger partial charge in [0.1, 0.15) is 0 Å². The van der Waals surface area contributed by atoms with Crippen molar-refractivity contribution in [1.82, 2.24) is 20.1 Å². The first kappa shape index (κ1) is 19.7. The lowest BCUT2D eigenvalue weighted by molar-refractivity contribution is -0.119. The Morgan fingerprint density at radius 1 is 1.15 bits per heavy atom. The van der Waals surface area contributed by atoms with Gasteiger partial charge in [0.2, 0.25) is 5.91 Å². The van der Waals surface area contributed by atoms with Crippen LogP contribution in [0.4, 0.5) is 0 Å². The second-order valence-corrected chi connectivity index (χ2v) is 8.04. The quantitative estimate of drug-likeness (QED) is 0.714. The van der Waals surface area contributed by atoms with Crippen LogP contribution < -0.4 is 11.0 Å². The van der Waals surface area contributed by atoms with Crippen LogP contribution in [0.5, 0.6) is 0 Å². The Labute approximate surface area is 164 Å². The average Bonchev–Trinajstić information content (AvgIpc) is 3.01. The molecule has 1 saturated carbocycles. The molecule has 1 aromatic carbocycles.